The van der Waals surface area contributed by atoms with Gasteiger partial charge in [-0.2, -0.15) is 0 Å². The molecule has 0 saturated heterocycles. The number of hydrogen-bond donors (Lipinski definition) is 3. The highest BCUT2D eigenvalue weighted by Gasteiger charge is 2.13. The van der Waals surface area contributed by atoms with E-state index in [0.29, 0.717) is 6.61 Å². The van der Waals surface area contributed by atoms with Gasteiger partial charge < -0.3 is 19.8 Å². The summed E-state index contributed by atoms with van der Waals surface area (Å²) in [5, 5.41) is 9.88. The van der Waals surface area contributed by atoms with Crippen molar-refractivity contribution in [2.45, 2.75) is 27.2 Å². The molecular weight excluding hydrogens is 532 g/mol. The van der Waals surface area contributed by atoms with Gasteiger partial charge in [0, 0.05) is 33.2 Å². The summed E-state index contributed by atoms with van der Waals surface area (Å²) in [7, 11) is 0. The van der Waals surface area contributed by atoms with Crippen molar-refractivity contribution in [2.75, 3.05) is 6.61 Å². The van der Waals surface area contributed by atoms with E-state index in [1.54, 1.807) is 12.1 Å². The number of phenolic OH excluding ortho intramolecular Hbond substituents is 1. The first-order valence-electron chi connectivity index (χ1n) is 14.8. The average Bonchev–Trinajstić information content (AvgIpc) is 3.86. The normalized spacial score (nSPS) is 11.7. The number of benzene rings is 2. The van der Waals surface area contributed by atoms with E-state index in [-0.39, 0.29) is 5.75 Å². The Hall–Kier alpha value is -5.36. The third-order valence-corrected chi connectivity index (χ3v) is 7.17. The number of nitrogens with zero attached hydrogens (tertiary/aromatic N) is 2. The first-order chi connectivity index (χ1) is 21.1. The molecule has 2 aliphatic heterocycles. The highest BCUT2D eigenvalue weighted by molar-refractivity contribution is 5.93. The van der Waals surface area contributed by atoms with Gasteiger partial charge in [0.2, 0.25) is 0 Å². The van der Waals surface area contributed by atoms with Crippen molar-refractivity contribution < 1.29 is 9.84 Å². The van der Waals surface area contributed by atoms with E-state index in [0.717, 1.165) is 79.3 Å². The van der Waals surface area contributed by atoms with Crippen molar-refractivity contribution in [2.24, 2.45) is 0 Å². The van der Waals surface area contributed by atoms with Gasteiger partial charge >= 0.3 is 0 Å². The molecule has 214 valence electrons. The fourth-order valence-electron chi connectivity index (χ4n) is 5.25. The van der Waals surface area contributed by atoms with Gasteiger partial charge in [-0.3, -0.25) is 0 Å². The third-order valence-electron chi connectivity index (χ3n) is 7.17. The molecule has 43 heavy (non-hydrogen) atoms. The summed E-state index contributed by atoms with van der Waals surface area (Å²) in [4.78, 5) is 17.1. The van der Waals surface area contributed by atoms with E-state index in [4.69, 9.17) is 14.7 Å². The number of aromatic hydroxyl groups is 1. The lowest BCUT2D eigenvalue weighted by atomic mass is 10.0. The van der Waals surface area contributed by atoms with Crippen molar-refractivity contribution in [3.8, 4) is 33.8 Å². The highest BCUT2D eigenvalue weighted by Crippen LogP contribution is 2.33. The lowest BCUT2D eigenvalue weighted by Gasteiger charge is -2.07. The van der Waals surface area contributed by atoms with Crippen LogP contribution in [0.1, 0.15) is 50.0 Å². The minimum atomic E-state index is 0.227. The van der Waals surface area contributed by atoms with Crippen LogP contribution in [-0.2, 0) is 0 Å². The maximum Gasteiger partial charge on any atom is 0.119 e. The Morgan fingerprint density at radius 3 is 1.60 bits per heavy atom. The van der Waals surface area contributed by atoms with Gasteiger partial charge in [-0.15, -0.1) is 0 Å². The average molecular weight is 567 g/mol. The van der Waals surface area contributed by atoms with E-state index in [1.807, 2.05) is 68.5 Å². The molecule has 0 spiro atoms. The van der Waals surface area contributed by atoms with E-state index in [2.05, 4.69) is 59.4 Å². The van der Waals surface area contributed by atoms with Gasteiger partial charge in [-0.25, -0.2) is 9.97 Å². The molecule has 2 aromatic carbocycles. The summed E-state index contributed by atoms with van der Waals surface area (Å²) >= 11 is 0. The summed E-state index contributed by atoms with van der Waals surface area (Å²) in [5.74, 6) is 1.09. The number of hydrogen-bond acceptors (Lipinski definition) is 4. The van der Waals surface area contributed by atoms with E-state index in [9.17, 15) is 5.11 Å². The van der Waals surface area contributed by atoms with Gasteiger partial charge in [0.15, 0.2) is 0 Å². The Bertz CT molecular complexity index is 1980. The van der Waals surface area contributed by atoms with E-state index >= 15 is 0 Å². The first-order valence-corrected chi connectivity index (χ1v) is 14.8. The second-order valence-electron chi connectivity index (χ2n) is 10.1. The first kappa shape index (κ1) is 27.8. The second-order valence-corrected chi connectivity index (χ2v) is 10.1. The minimum absolute atomic E-state index is 0.227. The predicted octanol–water partition coefficient (Wildman–Crippen LogP) is 9.51. The Morgan fingerprint density at radius 2 is 1.12 bits per heavy atom. The Balaban J connectivity index is 0.00000161. The number of phenols is 1. The topological polar surface area (TPSA) is 86.8 Å². The number of H-pyrrole nitrogens is 2. The summed E-state index contributed by atoms with van der Waals surface area (Å²) in [6.07, 6.45) is 9.13. The van der Waals surface area contributed by atoms with Crippen LogP contribution in [0.5, 0.6) is 11.5 Å². The molecule has 2 aliphatic rings. The van der Waals surface area contributed by atoms with Crippen molar-refractivity contribution >= 4 is 46.4 Å². The molecule has 0 unspecified atom stereocenters. The molecule has 0 amide bonds. The number of aromatic amines is 2. The maximum absolute atomic E-state index is 9.88. The van der Waals surface area contributed by atoms with Gasteiger partial charge in [0.25, 0.3) is 0 Å². The molecule has 7 rings (SSSR count). The standard InChI is InChI=1S/C35H28N4O2.C2H6/c1-2-19-41-29-13-5-23(6-14-29)35-32-17-9-26(38-32)20-24-7-15-30(36-24)34(22-3-11-28(40)12-4-22)31-16-8-25(37-31)21-27-10-18-33(35)39-27;1-2/h3-18,20-21,36,39-40H,2,19H2,1H3;1-2H3. The number of aromatic nitrogens is 4. The SMILES string of the molecule is CC.CCCOc1ccc(-c2c3nc(cc4ccc([nH]4)c(-c4ccc(O)cc4)c4nc(cc5ccc2[nH]5)C=C4)C=C3)cc1. The predicted molar refractivity (Wildman–Crippen MR) is 179 cm³/mol. The van der Waals surface area contributed by atoms with Crippen LogP contribution in [0.2, 0.25) is 0 Å². The van der Waals surface area contributed by atoms with Crippen LogP contribution < -0.4 is 4.74 Å². The van der Waals surface area contributed by atoms with Crippen LogP contribution in [0.4, 0.5) is 0 Å². The third kappa shape index (κ3) is 5.86. The molecule has 0 atom stereocenters. The number of nitrogens with one attached hydrogen (secondary N) is 2. The van der Waals surface area contributed by atoms with Gasteiger partial charge in [0.05, 0.1) is 29.4 Å². The summed E-state index contributed by atoms with van der Waals surface area (Å²) in [5.41, 5.74) is 11.2. The molecule has 5 heterocycles. The minimum Gasteiger partial charge on any atom is -0.508 e. The number of fused-ring (bicyclic) bond motifs is 8. The fourth-order valence-corrected chi connectivity index (χ4v) is 5.25. The number of rotatable bonds is 5. The molecule has 0 radical (unpaired) electrons. The molecule has 8 bridgehead atoms. The largest absolute Gasteiger partial charge is 0.508 e. The van der Waals surface area contributed by atoms with Crippen LogP contribution in [0.25, 0.3) is 68.6 Å². The molecule has 6 nitrogen and oxygen atoms in total. The van der Waals surface area contributed by atoms with Gasteiger partial charge in [0.1, 0.15) is 11.5 Å². The zero-order chi connectivity index (χ0) is 29.8. The summed E-state index contributed by atoms with van der Waals surface area (Å²) in [6.45, 7) is 6.80. The van der Waals surface area contributed by atoms with Crippen LogP contribution in [0.3, 0.4) is 0 Å². The Labute approximate surface area is 251 Å². The van der Waals surface area contributed by atoms with Crippen LogP contribution in [0.15, 0.2) is 84.9 Å². The molecule has 0 saturated carbocycles. The zero-order valence-electron chi connectivity index (χ0n) is 24.6. The molecule has 3 aromatic heterocycles. The van der Waals surface area contributed by atoms with Crippen molar-refractivity contribution in [1.29, 1.82) is 0 Å². The zero-order valence-corrected chi connectivity index (χ0v) is 24.6. The lowest BCUT2D eigenvalue weighted by Crippen LogP contribution is -1.94. The van der Waals surface area contributed by atoms with Crippen LogP contribution >= 0.6 is 0 Å². The molecule has 3 N–H and O–H groups in total. The lowest BCUT2D eigenvalue weighted by molar-refractivity contribution is 0.317. The smallest absolute Gasteiger partial charge is 0.119 e. The molecule has 6 heteroatoms. The second kappa shape index (κ2) is 12.2. The van der Waals surface area contributed by atoms with E-state index in [1.165, 1.54) is 0 Å². The number of ether oxygens (including phenoxy) is 1. The van der Waals surface area contributed by atoms with Crippen LogP contribution in [-0.4, -0.2) is 31.6 Å². The molecule has 0 fully saturated rings. The summed E-state index contributed by atoms with van der Waals surface area (Å²) in [6, 6.07) is 27.8. The highest BCUT2D eigenvalue weighted by atomic mass is 16.5. The summed E-state index contributed by atoms with van der Waals surface area (Å²) < 4.78 is 5.82. The molecular formula is C37H34N4O2. The monoisotopic (exact) mass is 566 g/mol. The molecule has 5 aromatic rings. The maximum atomic E-state index is 9.88. The van der Waals surface area contributed by atoms with Crippen LogP contribution in [0, 0.1) is 0 Å². The Kier molecular flexibility index (Phi) is 7.92. The molecule has 0 aliphatic carbocycles. The van der Waals surface area contributed by atoms with Crippen molar-refractivity contribution in [1.82, 2.24) is 19.9 Å². The van der Waals surface area contributed by atoms with Crippen molar-refractivity contribution in [3.63, 3.8) is 0 Å². The van der Waals surface area contributed by atoms with E-state index < -0.39 is 0 Å². The van der Waals surface area contributed by atoms with Crippen molar-refractivity contribution in [3.05, 3.63) is 108 Å². The van der Waals surface area contributed by atoms with Gasteiger partial charge in [-0.1, -0.05) is 45.0 Å². The Morgan fingerprint density at radius 1 is 0.628 bits per heavy atom. The fraction of sp³-hybridized carbons (Fsp3) is 0.135. The quantitative estimate of drug-likeness (QED) is 0.194. The van der Waals surface area contributed by atoms with Gasteiger partial charge in [-0.05, 0) is 103 Å².